The van der Waals surface area contributed by atoms with Crippen LogP contribution in [-0.2, 0) is 5.54 Å². The number of urea groups is 1. The molecule has 0 bridgehead atoms. The Morgan fingerprint density at radius 3 is 2.50 bits per heavy atom. The highest BCUT2D eigenvalue weighted by Crippen LogP contribution is 2.26. The first-order chi connectivity index (χ1) is 6.43. The lowest BCUT2D eigenvalue weighted by atomic mass is 9.94. The Hall–Kier alpha value is -1.22. The number of carbonyl (C=O) groups excluding carboxylic acids is 1. The van der Waals surface area contributed by atoms with Crippen LogP contribution in [0.4, 0.5) is 4.79 Å². The number of nitrogens with one attached hydrogen (secondary N) is 1. The Morgan fingerprint density at radius 1 is 1.43 bits per heavy atom. The predicted molar refractivity (Wildman–Crippen MR) is 57.2 cm³/mol. The second-order valence-electron chi connectivity index (χ2n) is 3.59. The molecule has 0 radical (unpaired) electrons. The van der Waals surface area contributed by atoms with E-state index in [9.17, 15) is 4.79 Å². The van der Waals surface area contributed by atoms with Gasteiger partial charge in [0, 0.05) is 5.02 Å². The summed E-state index contributed by atoms with van der Waals surface area (Å²) < 4.78 is 0. The van der Waals surface area contributed by atoms with Gasteiger partial charge in [-0.1, -0.05) is 29.8 Å². The van der Waals surface area contributed by atoms with Crippen LogP contribution in [0.25, 0.3) is 0 Å². The third-order valence-corrected chi connectivity index (χ3v) is 2.31. The van der Waals surface area contributed by atoms with Crippen molar-refractivity contribution in [1.29, 1.82) is 0 Å². The molecule has 2 amide bonds. The maximum atomic E-state index is 10.8. The van der Waals surface area contributed by atoms with Gasteiger partial charge in [-0.25, -0.2) is 4.79 Å². The zero-order valence-corrected chi connectivity index (χ0v) is 8.93. The lowest BCUT2D eigenvalue weighted by Gasteiger charge is -2.26. The van der Waals surface area contributed by atoms with Gasteiger partial charge in [-0.05, 0) is 25.5 Å². The molecule has 3 nitrogen and oxygen atoms in total. The first-order valence-electron chi connectivity index (χ1n) is 4.26. The first kappa shape index (κ1) is 10.9. The molecule has 0 aliphatic heterocycles. The van der Waals surface area contributed by atoms with Crippen LogP contribution in [-0.4, -0.2) is 6.03 Å². The fraction of sp³-hybridized carbons (Fsp3) is 0.300. The van der Waals surface area contributed by atoms with Crippen LogP contribution < -0.4 is 11.1 Å². The maximum Gasteiger partial charge on any atom is 0.312 e. The van der Waals surface area contributed by atoms with Gasteiger partial charge in [0.15, 0.2) is 0 Å². The standard InChI is InChI=1S/C10H13ClN2O/c1-10(2,13-9(12)14)7-5-3-4-6-8(7)11/h3-6H,1-2H3,(H3,12,13,14). The number of benzene rings is 1. The van der Waals surface area contributed by atoms with Gasteiger partial charge in [0.1, 0.15) is 0 Å². The van der Waals surface area contributed by atoms with Gasteiger partial charge >= 0.3 is 6.03 Å². The van der Waals surface area contributed by atoms with E-state index in [-0.39, 0.29) is 0 Å². The van der Waals surface area contributed by atoms with Crippen LogP contribution in [0, 0.1) is 0 Å². The molecule has 76 valence electrons. The summed E-state index contributed by atoms with van der Waals surface area (Å²) in [5, 5.41) is 3.25. The van der Waals surface area contributed by atoms with Crippen molar-refractivity contribution in [2.45, 2.75) is 19.4 Å². The number of hydrogen-bond donors (Lipinski definition) is 2. The normalized spacial score (nSPS) is 11.1. The van der Waals surface area contributed by atoms with Gasteiger partial charge in [0.05, 0.1) is 5.54 Å². The van der Waals surface area contributed by atoms with Crippen molar-refractivity contribution in [3.63, 3.8) is 0 Å². The number of nitrogens with two attached hydrogens (primary N) is 1. The highest BCUT2D eigenvalue weighted by atomic mass is 35.5. The van der Waals surface area contributed by atoms with E-state index in [0.29, 0.717) is 5.02 Å². The van der Waals surface area contributed by atoms with Gasteiger partial charge in [-0.3, -0.25) is 0 Å². The van der Waals surface area contributed by atoms with Gasteiger partial charge in [-0.2, -0.15) is 0 Å². The van der Waals surface area contributed by atoms with E-state index in [1.165, 1.54) is 0 Å². The zero-order chi connectivity index (χ0) is 10.8. The molecule has 0 saturated heterocycles. The van der Waals surface area contributed by atoms with E-state index in [4.69, 9.17) is 17.3 Å². The summed E-state index contributed by atoms with van der Waals surface area (Å²) in [4.78, 5) is 10.8. The fourth-order valence-electron chi connectivity index (χ4n) is 1.34. The predicted octanol–water partition coefficient (Wildman–Crippen LogP) is 2.24. The molecular weight excluding hydrogens is 200 g/mol. The molecular formula is C10H13ClN2O. The monoisotopic (exact) mass is 212 g/mol. The van der Waals surface area contributed by atoms with Crippen LogP contribution in [0.1, 0.15) is 19.4 Å². The van der Waals surface area contributed by atoms with Crippen LogP contribution in [0.2, 0.25) is 5.02 Å². The molecule has 0 unspecified atom stereocenters. The molecule has 0 spiro atoms. The molecule has 0 saturated carbocycles. The van der Waals surface area contributed by atoms with Gasteiger partial charge in [0.25, 0.3) is 0 Å². The second kappa shape index (κ2) is 3.88. The Balaban J connectivity index is 3.03. The number of rotatable bonds is 2. The van der Waals surface area contributed by atoms with Crippen LogP contribution in [0.5, 0.6) is 0 Å². The summed E-state index contributed by atoms with van der Waals surface area (Å²) >= 11 is 6.00. The van der Waals surface area contributed by atoms with E-state index < -0.39 is 11.6 Å². The van der Waals surface area contributed by atoms with Crippen molar-refractivity contribution in [2.75, 3.05) is 0 Å². The van der Waals surface area contributed by atoms with Crippen LogP contribution >= 0.6 is 11.6 Å². The number of carbonyl (C=O) groups is 1. The van der Waals surface area contributed by atoms with Crippen LogP contribution in [0.15, 0.2) is 24.3 Å². The first-order valence-corrected chi connectivity index (χ1v) is 4.64. The molecule has 3 N–H and O–H groups in total. The van der Waals surface area contributed by atoms with Crippen molar-refractivity contribution in [2.24, 2.45) is 5.73 Å². The summed E-state index contributed by atoms with van der Waals surface area (Å²) in [6.45, 7) is 3.69. The average Bonchev–Trinajstić information content (AvgIpc) is 2.02. The van der Waals surface area contributed by atoms with Gasteiger partial charge in [-0.15, -0.1) is 0 Å². The number of amides is 2. The summed E-state index contributed by atoms with van der Waals surface area (Å²) in [6, 6.07) is 6.78. The largest absolute Gasteiger partial charge is 0.352 e. The molecule has 14 heavy (non-hydrogen) atoms. The van der Waals surface area contributed by atoms with Crippen LogP contribution in [0.3, 0.4) is 0 Å². The van der Waals surface area contributed by atoms with Crippen molar-refractivity contribution in [3.8, 4) is 0 Å². The number of halogens is 1. The smallest absolute Gasteiger partial charge is 0.312 e. The van der Waals surface area contributed by atoms with Crippen molar-refractivity contribution in [1.82, 2.24) is 5.32 Å². The van der Waals surface area contributed by atoms with E-state index in [2.05, 4.69) is 5.32 Å². The third kappa shape index (κ3) is 2.39. The molecule has 0 atom stereocenters. The molecule has 4 heteroatoms. The summed E-state index contributed by atoms with van der Waals surface area (Å²) in [7, 11) is 0. The molecule has 0 aliphatic carbocycles. The van der Waals surface area contributed by atoms with Crippen molar-refractivity contribution >= 4 is 17.6 Å². The van der Waals surface area contributed by atoms with E-state index in [1.54, 1.807) is 6.07 Å². The topological polar surface area (TPSA) is 55.1 Å². The molecule has 1 aromatic rings. The zero-order valence-electron chi connectivity index (χ0n) is 8.17. The van der Waals surface area contributed by atoms with Gasteiger partial charge < -0.3 is 11.1 Å². The summed E-state index contributed by atoms with van der Waals surface area (Å²) in [5.41, 5.74) is 5.37. The Morgan fingerprint density at radius 2 is 2.00 bits per heavy atom. The maximum absolute atomic E-state index is 10.8. The van der Waals surface area contributed by atoms with Crippen molar-refractivity contribution < 1.29 is 4.79 Å². The molecule has 0 heterocycles. The fourth-order valence-corrected chi connectivity index (χ4v) is 1.72. The summed E-state index contributed by atoms with van der Waals surface area (Å²) in [5.74, 6) is 0. The second-order valence-corrected chi connectivity index (χ2v) is 4.00. The lowest BCUT2D eigenvalue weighted by Crippen LogP contribution is -2.44. The Labute approximate surface area is 88.2 Å². The molecule has 0 aliphatic rings. The highest BCUT2D eigenvalue weighted by Gasteiger charge is 2.23. The molecule has 0 aromatic heterocycles. The Kier molecular flexibility index (Phi) is 3.01. The Bertz CT molecular complexity index is 350. The summed E-state index contributed by atoms with van der Waals surface area (Å²) in [6.07, 6.45) is 0. The minimum Gasteiger partial charge on any atom is -0.352 e. The molecule has 1 rings (SSSR count). The van der Waals surface area contributed by atoms with Gasteiger partial charge in [0.2, 0.25) is 0 Å². The highest BCUT2D eigenvalue weighted by molar-refractivity contribution is 6.31. The van der Waals surface area contributed by atoms with E-state index in [0.717, 1.165) is 5.56 Å². The third-order valence-electron chi connectivity index (χ3n) is 1.98. The molecule has 1 aromatic carbocycles. The number of hydrogen-bond acceptors (Lipinski definition) is 1. The van der Waals surface area contributed by atoms with Crippen molar-refractivity contribution in [3.05, 3.63) is 34.9 Å². The number of primary amides is 1. The van der Waals surface area contributed by atoms with E-state index in [1.807, 2.05) is 32.0 Å². The SMILES string of the molecule is CC(C)(NC(N)=O)c1ccccc1Cl. The lowest BCUT2D eigenvalue weighted by molar-refractivity contribution is 0.238. The van der Waals surface area contributed by atoms with E-state index >= 15 is 0 Å². The minimum atomic E-state index is -0.560. The minimum absolute atomic E-state index is 0.551. The molecule has 0 fully saturated rings. The average molecular weight is 213 g/mol. The quantitative estimate of drug-likeness (QED) is 0.776.